The third-order valence-electron chi connectivity index (χ3n) is 3.02. The Labute approximate surface area is 143 Å². The molecule has 0 amide bonds. The van der Waals surface area contributed by atoms with E-state index in [-0.39, 0.29) is 8.82 Å². The second-order valence-corrected chi connectivity index (χ2v) is 8.39. The Kier molecular flexibility index (Phi) is 5.65. The van der Waals surface area contributed by atoms with E-state index in [1.165, 1.54) is 0 Å². The summed E-state index contributed by atoms with van der Waals surface area (Å²) in [5.41, 5.74) is 2.06. The zero-order valence-corrected chi connectivity index (χ0v) is 15.1. The van der Waals surface area contributed by atoms with Gasteiger partial charge in [0.1, 0.15) is 0 Å². The van der Waals surface area contributed by atoms with E-state index in [1.54, 1.807) is 36.4 Å². The summed E-state index contributed by atoms with van der Waals surface area (Å²) in [6.45, 7) is 2.25. The molecule has 2 aromatic rings. The zero-order chi connectivity index (χ0) is 15.5. The maximum atomic E-state index is 12.2. The molecular formula is C15H15ClINO2S. The van der Waals surface area contributed by atoms with E-state index in [0.29, 0.717) is 11.6 Å². The summed E-state index contributed by atoms with van der Waals surface area (Å²) in [5.74, 6) is 0. The lowest BCUT2D eigenvalue weighted by Gasteiger charge is -2.12. The van der Waals surface area contributed by atoms with Crippen LogP contribution in [0.3, 0.4) is 0 Å². The van der Waals surface area contributed by atoms with Crippen LogP contribution in [0.2, 0.25) is 5.02 Å². The minimum Gasteiger partial charge on any atom is -0.210 e. The molecule has 2 rings (SSSR count). The first kappa shape index (κ1) is 16.7. The fraction of sp³-hybridized carbons (Fsp3) is 0.200. The summed E-state index contributed by atoms with van der Waals surface area (Å²) < 4.78 is 27.1. The van der Waals surface area contributed by atoms with Crippen molar-refractivity contribution in [1.82, 2.24) is 4.72 Å². The van der Waals surface area contributed by atoms with Crippen LogP contribution in [0.25, 0.3) is 0 Å². The first-order valence-corrected chi connectivity index (χ1v) is 9.45. The van der Waals surface area contributed by atoms with Crippen LogP contribution in [-0.4, -0.2) is 15.0 Å². The molecule has 2 aromatic carbocycles. The minimum absolute atomic E-state index is 0.0418. The van der Waals surface area contributed by atoms with Gasteiger partial charge in [-0.25, -0.2) is 13.1 Å². The van der Waals surface area contributed by atoms with Gasteiger partial charge in [-0.1, -0.05) is 64.0 Å². The van der Waals surface area contributed by atoms with Crippen molar-refractivity contribution in [3.05, 3.63) is 64.7 Å². The number of alkyl halides is 1. The molecule has 0 fully saturated rings. The van der Waals surface area contributed by atoms with Crippen LogP contribution in [0.15, 0.2) is 53.4 Å². The van der Waals surface area contributed by atoms with Gasteiger partial charge in [0, 0.05) is 15.5 Å². The molecule has 0 aliphatic carbocycles. The number of aryl methyl sites for hydroxylation is 1. The summed E-state index contributed by atoms with van der Waals surface area (Å²) in [6.07, 6.45) is 0. The Bertz CT molecular complexity index is 699. The molecule has 0 saturated carbocycles. The average molecular weight is 436 g/mol. The molecule has 0 saturated heterocycles. The topological polar surface area (TPSA) is 46.2 Å². The van der Waals surface area contributed by atoms with E-state index in [1.807, 2.05) is 19.1 Å². The number of rotatable bonds is 5. The van der Waals surface area contributed by atoms with Crippen LogP contribution in [0, 0.1) is 6.92 Å². The molecule has 1 atom stereocenters. The molecule has 0 aliphatic rings. The third-order valence-corrected chi connectivity index (χ3v) is 5.87. The molecule has 0 aromatic heterocycles. The van der Waals surface area contributed by atoms with Crippen LogP contribution in [0.1, 0.15) is 15.1 Å². The maximum Gasteiger partial charge on any atom is 0.240 e. The fourth-order valence-corrected chi connectivity index (χ4v) is 3.88. The molecule has 21 heavy (non-hydrogen) atoms. The van der Waals surface area contributed by atoms with Crippen molar-refractivity contribution < 1.29 is 8.42 Å². The largest absolute Gasteiger partial charge is 0.240 e. The van der Waals surface area contributed by atoms with Crippen LogP contribution in [-0.2, 0) is 10.0 Å². The number of hydrogen-bond donors (Lipinski definition) is 1. The smallest absolute Gasteiger partial charge is 0.210 e. The van der Waals surface area contributed by atoms with Crippen molar-refractivity contribution in [3.8, 4) is 0 Å². The molecule has 3 nitrogen and oxygen atoms in total. The Morgan fingerprint density at radius 3 is 2.24 bits per heavy atom. The lowest BCUT2D eigenvalue weighted by atomic mass is 10.2. The van der Waals surface area contributed by atoms with Crippen LogP contribution < -0.4 is 4.72 Å². The van der Waals surface area contributed by atoms with Crippen LogP contribution >= 0.6 is 34.2 Å². The highest BCUT2D eigenvalue weighted by Crippen LogP contribution is 2.24. The standard InChI is InChI=1S/C15H15ClINO2S/c1-11-2-8-14(9-3-11)21(19,20)18-10-15(17)12-4-6-13(16)7-5-12/h2-9,15,18H,10H2,1H3. The fourth-order valence-electron chi connectivity index (χ4n) is 1.77. The molecular weight excluding hydrogens is 421 g/mol. The van der Waals surface area contributed by atoms with Gasteiger partial charge in [-0.15, -0.1) is 0 Å². The highest BCUT2D eigenvalue weighted by Gasteiger charge is 2.16. The molecule has 1 unspecified atom stereocenters. The van der Waals surface area contributed by atoms with E-state index < -0.39 is 10.0 Å². The lowest BCUT2D eigenvalue weighted by Crippen LogP contribution is -2.26. The van der Waals surface area contributed by atoms with Crippen molar-refractivity contribution in [2.45, 2.75) is 15.7 Å². The molecule has 0 aliphatic heterocycles. The van der Waals surface area contributed by atoms with E-state index >= 15 is 0 Å². The van der Waals surface area contributed by atoms with Gasteiger partial charge < -0.3 is 0 Å². The Morgan fingerprint density at radius 1 is 1.10 bits per heavy atom. The first-order chi connectivity index (χ1) is 9.88. The summed E-state index contributed by atoms with van der Waals surface area (Å²) in [4.78, 5) is 0.285. The van der Waals surface area contributed by atoms with Gasteiger partial charge in [0.15, 0.2) is 0 Å². The number of sulfonamides is 1. The summed E-state index contributed by atoms with van der Waals surface area (Å²) in [6, 6.07) is 14.2. The van der Waals surface area contributed by atoms with Gasteiger partial charge in [-0.2, -0.15) is 0 Å². The average Bonchev–Trinajstić information content (AvgIpc) is 2.46. The highest BCUT2D eigenvalue weighted by atomic mass is 127. The molecule has 0 heterocycles. The molecule has 6 heteroatoms. The van der Waals surface area contributed by atoms with E-state index in [2.05, 4.69) is 27.3 Å². The predicted octanol–water partition coefficient (Wildman–Crippen LogP) is 4.10. The van der Waals surface area contributed by atoms with Crippen molar-refractivity contribution in [2.24, 2.45) is 0 Å². The summed E-state index contributed by atoms with van der Waals surface area (Å²) in [5, 5.41) is 0.669. The first-order valence-electron chi connectivity index (χ1n) is 6.34. The van der Waals surface area contributed by atoms with E-state index in [4.69, 9.17) is 11.6 Å². The van der Waals surface area contributed by atoms with Crippen molar-refractivity contribution in [2.75, 3.05) is 6.54 Å². The van der Waals surface area contributed by atoms with Gasteiger partial charge in [0.25, 0.3) is 0 Å². The summed E-state index contributed by atoms with van der Waals surface area (Å²) >= 11 is 8.06. The second kappa shape index (κ2) is 7.09. The number of hydrogen-bond acceptors (Lipinski definition) is 2. The SMILES string of the molecule is Cc1ccc(S(=O)(=O)NCC(I)c2ccc(Cl)cc2)cc1. The van der Waals surface area contributed by atoms with Gasteiger partial charge in [-0.3, -0.25) is 0 Å². The molecule has 0 bridgehead atoms. The van der Waals surface area contributed by atoms with Gasteiger partial charge in [-0.05, 0) is 36.8 Å². The van der Waals surface area contributed by atoms with Crippen molar-refractivity contribution in [1.29, 1.82) is 0 Å². The number of halogens is 2. The normalized spacial score (nSPS) is 13.1. The highest BCUT2D eigenvalue weighted by molar-refractivity contribution is 14.1. The van der Waals surface area contributed by atoms with Crippen molar-refractivity contribution >= 4 is 44.2 Å². The number of benzene rings is 2. The van der Waals surface area contributed by atoms with E-state index in [0.717, 1.165) is 11.1 Å². The lowest BCUT2D eigenvalue weighted by molar-refractivity contribution is 0.582. The second-order valence-electron chi connectivity index (χ2n) is 4.68. The predicted molar refractivity (Wildman–Crippen MR) is 94.6 cm³/mol. The number of nitrogens with one attached hydrogen (secondary N) is 1. The molecule has 0 spiro atoms. The quantitative estimate of drug-likeness (QED) is 0.568. The van der Waals surface area contributed by atoms with Crippen LogP contribution in [0.4, 0.5) is 0 Å². The minimum atomic E-state index is -3.47. The molecule has 1 N–H and O–H groups in total. The summed E-state index contributed by atoms with van der Waals surface area (Å²) in [7, 11) is -3.47. The van der Waals surface area contributed by atoms with Crippen molar-refractivity contribution in [3.63, 3.8) is 0 Å². The Balaban J connectivity index is 2.04. The van der Waals surface area contributed by atoms with E-state index in [9.17, 15) is 8.42 Å². The molecule has 0 radical (unpaired) electrons. The van der Waals surface area contributed by atoms with Gasteiger partial charge >= 0.3 is 0 Å². The zero-order valence-electron chi connectivity index (χ0n) is 11.4. The Morgan fingerprint density at radius 2 is 1.67 bits per heavy atom. The van der Waals surface area contributed by atoms with Gasteiger partial charge in [0.2, 0.25) is 10.0 Å². The third kappa shape index (κ3) is 4.67. The monoisotopic (exact) mass is 435 g/mol. The maximum absolute atomic E-state index is 12.2. The van der Waals surface area contributed by atoms with Crippen LogP contribution in [0.5, 0.6) is 0 Å². The Hall–Kier alpha value is -0.630. The van der Waals surface area contributed by atoms with Gasteiger partial charge in [0.05, 0.1) is 4.90 Å². The molecule has 112 valence electrons.